The molecule has 0 fully saturated rings. The first-order valence-corrected chi connectivity index (χ1v) is 7.26. The molecule has 0 aliphatic heterocycles. The molecule has 0 aliphatic carbocycles. The van der Waals surface area contributed by atoms with Crippen molar-refractivity contribution in [3.63, 3.8) is 0 Å². The highest BCUT2D eigenvalue weighted by Crippen LogP contribution is 2.26. The summed E-state index contributed by atoms with van der Waals surface area (Å²) in [7, 11) is 3.20. The molecular weight excluding hydrogens is 330 g/mol. The zero-order valence-corrected chi connectivity index (χ0v) is 13.9. The molecule has 1 aromatic carbocycles. The molecular formula is C13H18ClN3O4S. The van der Waals surface area contributed by atoms with Gasteiger partial charge in [0.1, 0.15) is 0 Å². The average Bonchev–Trinajstić information content (AvgIpc) is 2.49. The highest BCUT2D eigenvalue weighted by molar-refractivity contribution is 7.80. The maximum Gasteiger partial charge on any atom is 0.271 e. The van der Waals surface area contributed by atoms with Gasteiger partial charge in [-0.15, -0.1) is 0 Å². The SMILES string of the molecule is COCCN(CCOC)C(=S)Nc1cc([N+](=O)[O-])ccc1Cl. The van der Waals surface area contributed by atoms with Gasteiger partial charge in [0.25, 0.3) is 5.69 Å². The second-order valence-electron chi connectivity index (χ2n) is 4.32. The lowest BCUT2D eigenvalue weighted by Crippen LogP contribution is -2.39. The van der Waals surface area contributed by atoms with E-state index in [-0.39, 0.29) is 5.69 Å². The van der Waals surface area contributed by atoms with Crippen molar-refractivity contribution in [2.75, 3.05) is 45.8 Å². The first-order valence-electron chi connectivity index (χ1n) is 6.47. The van der Waals surface area contributed by atoms with Gasteiger partial charge in [0, 0.05) is 39.4 Å². The molecule has 0 heterocycles. The van der Waals surface area contributed by atoms with Crippen LogP contribution >= 0.6 is 23.8 Å². The summed E-state index contributed by atoms with van der Waals surface area (Å²) in [6, 6.07) is 4.14. The Morgan fingerprint density at radius 1 is 1.36 bits per heavy atom. The third-order valence-electron chi connectivity index (χ3n) is 2.82. The van der Waals surface area contributed by atoms with Crippen LogP contribution in [0.4, 0.5) is 11.4 Å². The van der Waals surface area contributed by atoms with Crippen molar-refractivity contribution in [3.8, 4) is 0 Å². The normalized spacial score (nSPS) is 10.3. The quantitative estimate of drug-likeness (QED) is 0.440. The lowest BCUT2D eigenvalue weighted by molar-refractivity contribution is -0.384. The first-order chi connectivity index (χ1) is 10.5. The summed E-state index contributed by atoms with van der Waals surface area (Å²) in [5.41, 5.74) is 0.329. The van der Waals surface area contributed by atoms with Gasteiger partial charge in [0.15, 0.2) is 5.11 Å². The molecule has 0 bridgehead atoms. The van der Waals surface area contributed by atoms with Crippen LogP contribution in [0.25, 0.3) is 0 Å². The summed E-state index contributed by atoms with van der Waals surface area (Å²) in [6.07, 6.45) is 0. The second-order valence-corrected chi connectivity index (χ2v) is 5.12. The topological polar surface area (TPSA) is 76.9 Å². The van der Waals surface area contributed by atoms with E-state index < -0.39 is 4.92 Å². The summed E-state index contributed by atoms with van der Waals surface area (Å²) >= 11 is 11.4. The van der Waals surface area contributed by atoms with Gasteiger partial charge in [-0.05, 0) is 18.3 Å². The molecule has 0 saturated carbocycles. The first kappa shape index (κ1) is 18.6. The van der Waals surface area contributed by atoms with E-state index in [9.17, 15) is 10.1 Å². The molecule has 0 aromatic heterocycles. The highest BCUT2D eigenvalue weighted by Gasteiger charge is 2.14. The van der Waals surface area contributed by atoms with Crippen molar-refractivity contribution in [1.82, 2.24) is 4.90 Å². The van der Waals surface area contributed by atoms with Crippen molar-refractivity contribution in [1.29, 1.82) is 0 Å². The van der Waals surface area contributed by atoms with Gasteiger partial charge < -0.3 is 19.7 Å². The van der Waals surface area contributed by atoms with Crippen LogP contribution in [0.1, 0.15) is 0 Å². The lowest BCUT2D eigenvalue weighted by atomic mass is 10.3. The molecule has 0 unspecified atom stereocenters. The third kappa shape index (κ3) is 5.72. The fourth-order valence-electron chi connectivity index (χ4n) is 1.63. The molecule has 7 nitrogen and oxygen atoms in total. The van der Waals surface area contributed by atoms with Crippen molar-refractivity contribution in [2.24, 2.45) is 0 Å². The number of anilines is 1. The Balaban J connectivity index is 2.83. The number of nitro groups is 1. The molecule has 1 rings (SSSR count). The van der Waals surface area contributed by atoms with E-state index in [1.807, 2.05) is 4.90 Å². The van der Waals surface area contributed by atoms with E-state index in [0.29, 0.717) is 42.1 Å². The van der Waals surface area contributed by atoms with Crippen LogP contribution in [0.5, 0.6) is 0 Å². The van der Waals surface area contributed by atoms with Gasteiger partial charge in [0.2, 0.25) is 0 Å². The largest absolute Gasteiger partial charge is 0.383 e. The van der Waals surface area contributed by atoms with Crippen molar-refractivity contribution in [3.05, 3.63) is 33.3 Å². The summed E-state index contributed by atoms with van der Waals surface area (Å²) in [5.74, 6) is 0. The Kier molecular flexibility index (Phi) is 8.03. The molecule has 1 aromatic rings. The van der Waals surface area contributed by atoms with E-state index in [4.69, 9.17) is 33.3 Å². The highest BCUT2D eigenvalue weighted by atomic mass is 35.5. The molecule has 22 heavy (non-hydrogen) atoms. The van der Waals surface area contributed by atoms with E-state index in [2.05, 4.69) is 5.32 Å². The number of hydrogen-bond donors (Lipinski definition) is 1. The molecule has 0 aliphatic rings. The molecule has 0 radical (unpaired) electrons. The number of nitro benzene ring substituents is 1. The van der Waals surface area contributed by atoms with Gasteiger partial charge in [-0.25, -0.2) is 0 Å². The van der Waals surface area contributed by atoms with Crippen molar-refractivity contribution >= 4 is 40.3 Å². The van der Waals surface area contributed by atoms with Crippen LogP contribution in [0.2, 0.25) is 5.02 Å². The molecule has 0 atom stereocenters. The monoisotopic (exact) mass is 347 g/mol. The maximum absolute atomic E-state index is 10.8. The van der Waals surface area contributed by atoms with Crippen LogP contribution in [0, 0.1) is 10.1 Å². The second kappa shape index (κ2) is 9.52. The van der Waals surface area contributed by atoms with E-state index in [1.54, 1.807) is 14.2 Å². The smallest absolute Gasteiger partial charge is 0.271 e. The van der Waals surface area contributed by atoms with Crippen LogP contribution in [-0.2, 0) is 9.47 Å². The molecule has 0 spiro atoms. The number of thiocarbonyl (C=S) groups is 1. The van der Waals surface area contributed by atoms with E-state index in [0.717, 1.165) is 0 Å². The number of nitrogens with one attached hydrogen (secondary N) is 1. The minimum absolute atomic E-state index is 0.0602. The Morgan fingerprint density at radius 3 is 2.45 bits per heavy atom. The Labute approximate surface area is 139 Å². The number of methoxy groups -OCH3 is 2. The number of hydrogen-bond acceptors (Lipinski definition) is 5. The summed E-state index contributed by atoms with van der Waals surface area (Å²) in [5, 5.41) is 14.5. The average molecular weight is 348 g/mol. The number of rotatable bonds is 8. The van der Waals surface area contributed by atoms with E-state index in [1.165, 1.54) is 18.2 Å². The van der Waals surface area contributed by atoms with Gasteiger partial charge in [-0.2, -0.15) is 0 Å². The molecule has 9 heteroatoms. The summed E-state index contributed by atoms with van der Waals surface area (Å²) < 4.78 is 10.1. The van der Waals surface area contributed by atoms with Gasteiger partial charge >= 0.3 is 0 Å². The molecule has 1 N–H and O–H groups in total. The number of benzene rings is 1. The molecule has 0 amide bonds. The lowest BCUT2D eigenvalue weighted by Gasteiger charge is -2.25. The van der Waals surface area contributed by atoms with Gasteiger partial charge in [-0.3, -0.25) is 10.1 Å². The van der Waals surface area contributed by atoms with Crippen LogP contribution in [-0.4, -0.2) is 55.5 Å². The maximum atomic E-state index is 10.8. The Morgan fingerprint density at radius 2 is 1.95 bits per heavy atom. The minimum Gasteiger partial charge on any atom is -0.383 e. The predicted molar refractivity (Wildman–Crippen MR) is 89.7 cm³/mol. The summed E-state index contributed by atoms with van der Waals surface area (Å²) in [4.78, 5) is 12.2. The molecule has 0 saturated heterocycles. The summed E-state index contributed by atoms with van der Waals surface area (Å²) in [6.45, 7) is 2.12. The Bertz CT molecular complexity index is 522. The zero-order valence-electron chi connectivity index (χ0n) is 12.4. The number of halogens is 1. The van der Waals surface area contributed by atoms with Crippen LogP contribution < -0.4 is 5.32 Å². The van der Waals surface area contributed by atoms with Gasteiger partial charge in [0.05, 0.1) is 28.8 Å². The fourth-order valence-corrected chi connectivity index (χ4v) is 2.09. The fraction of sp³-hybridized carbons (Fsp3) is 0.462. The van der Waals surface area contributed by atoms with Crippen LogP contribution in [0.15, 0.2) is 18.2 Å². The van der Waals surface area contributed by atoms with Crippen molar-refractivity contribution < 1.29 is 14.4 Å². The number of non-ortho nitro benzene ring substituents is 1. The zero-order chi connectivity index (χ0) is 16.5. The minimum atomic E-state index is -0.488. The standard InChI is InChI=1S/C13H18ClN3O4S/c1-20-7-5-16(6-8-21-2)13(22)15-12-9-10(17(18)19)3-4-11(12)14/h3-4,9H,5-8H2,1-2H3,(H,15,22). The van der Waals surface area contributed by atoms with Crippen molar-refractivity contribution in [2.45, 2.75) is 0 Å². The molecule has 122 valence electrons. The van der Waals surface area contributed by atoms with E-state index >= 15 is 0 Å². The third-order valence-corrected chi connectivity index (χ3v) is 3.51. The number of nitrogens with zero attached hydrogens (tertiary/aromatic N) is 2. The predicted octanol–water partition coefficient (Wildman–Crippen LogP) is 2.54. The Hall–Kier alpha value is -1.48. The van der Waals surface area contributed by atoms with Crippen LogP contribution in [0.3, 0.4) is 0 Å². The number of ether oxygens (including phenoxy) is 2. The van der Waals surface area contributed by atoms with Gasteiger partial charge in [-0.1, -0.05) is 11.6 Å².